The largest absolute Gasteiger partial charge is 0.491 e. The molecule has 0 atom stereocenters. The Bertz CT molecular complexity index is 1170. The predicted molar refractivity (Wildman–Crippen MR) is 129 cm³/mol. The Morgan fingerprint density at radius 2 is 1.66 bits per heavy atom. The summed E-state index contributed by atoms with van der Waals surface area (Å²) in [6, 6.07) is 21.4. The molecular weight excluding hydrogens is 424 g/mol. The van der Waals surface area contributed by atoms with Gasteiger partial charge in [0.2, 0.25) is 10.0 Å². The van der Waals surface area contributed by atoms with Gasteiger partial charge in [0.25, 0.3) is 5.91 Å². The smallest absolute Gasteiger partial charge is 0.255 e. The van der Waals surface area contributed by atoms with Crippen molar-refractivity contribution >= 4 is 27.3 Å². The number of carbonyl (C=O) groups is 1. The van der Waals surface area contributed by atoms with Crippen molar-refractivity contribution in [2.45, 2.75) is 33.4 Å². The summed E-state index contributed by atoms with van der Waals surface area (Å²) in [5, 5.41) is 2.85. The number of rotatable bonds is 8. The highest BCUT2D eigenvalue weighted by atomic mass is 32.2. The highest BCUT2D eigenvalue weighted by Crippen LogP contribution is 2.23. The second kappa shape index (κ2) is 9.87. The monoisotopic (exact) mass is 452 g/mol. The van der Waals surface area contributed by atoms with Crippen molar-refractivity contribution in [3.63, 3.8) is 0 Å². The predicted octanol–water partition coefficient (Wildman–Crippen LogP) is 5.00. The molecule has 0 radical (unpaired) electrons. The Hall–Kier alpha value is -3.32. The fourth-order valence-electron chi connectivity index (χ4n) is 3.16. The van der Waals surface area contributed by atoms with Gasteiger partial charge in [-0.15, -0.1) is 0 Å². The molecule has 3 aromatic rings. The van der Waals surface area contributed by atoms with E-state index in [9.17, 15) is 13.2 Å². The molecule has 0 aliphatic heterocycles. The Labute approximate surface area is 189 Å². The minimum Gasteiger partial charge on any atom is -0.491 e. The highest BCUT2D eigenvalue weighted by molar-refractivity contribution is 7.92. The molecule has 0 aromatic heterocycles. The molecule has 1 amide bonds. The third kappa shape index (κ3) is 6.34. The number of amides is 1. The van der Waals surface area contributed by atoms with Crippen LogP contribution in [0, 0.1) is 6.92 Å². The van der Waals surface area contributed by atoms with Crippen LogP contribution in [0.5, 0.6) is 5.75 Å². The van der Waals surface area contributed by atoms with Gasteiger partial charge in [-0.05, 0) is 62.7 Å². The normalized spacial score (nSPS) is 11.3. The van der Waals surface area contributed by atoms with E-state index in [1.165, 1.54) is 10.6 Å². The van der Waals surface area contributed by atoms with Crippen LogP contribution < -0.4 is 14.4 Å². The van der Waals surface area contributed by atoms with E-state index in [1.54, 1.807) is 36.4 Å². The summed E-state index contributed by atoms with van der Waals surface area (Å²) in [5.41, 5.74) is 3.53. The molecule has 0 fully saturated rings. The molecule has 0 aliphatic carbocycles. The molecule has 3 rings (SSSR count). The molecule has 1 N–H and O–H groups in total. The van der Waals surface area contributed by atoms with Crippen LogP contribution in [0.4, 0.5) is 11.4 Å². The molecule has 0 spiro atoms. The first kappa shape index (κ1) is 23.3. The van der Waals surface area contributed by atoms with E-state index < -0.39 is 10.0 Å². The summed E-state index contributed by atoms with van der Waals surface area (Å²) in [7, 11) is -3.50. The van der Waals surface area contributed by atoms with Crippen molar-refractivity contribution in [1.82, 2.24) is 0 Å². The Kier molecular flexibility index (Phi) is 7.20. The van der Waals surface area contributed by atoms with Gasteiger partial charge in [0.1, 0.15) is 5.75 Å². The first-order valence-corrected chi connectivity index (χ1v) is 12.2. The number of hydrogen-bond donors (Lipinski definition) is 1. The van der Waals surface area contributed by atoms with E-state index in [1.807, 2.05) is 57.2 Å². The summed E-state index contributed by atoms with van der Waals surface area (Å²) < 4.78 is 31.8. The summed E-state index contributed by atoms with van der Waals surface area (Å²) >= 11 is 0. The lowest BCUT2D eigenvalue weighted by molar-refractivity contribution is 0.102. The molecule has 0 saturated carbocycles. The number of hydrogen-bond acceptors (Lipinski definition) is 4. The van der Waals surface area contributed by atoms with Gasteiger partial charge in [-0.1, -0.05) is 35.9 Å². The Morgan fingerprint density at radius 1 is 1.00 bits per heavy atom. The maximum Gasteiger partial charge on any atom is 0.255 e. The molecule has 168 valence electrons. The fraction of sp³-hybridized carbons (Fsp3) is 0.240. The van der Waals surface area contributed by atoms with Crippen molar-refractivity contribution in [2.75, 3.05) is 15.9 Å². The van der Waals surface area contributed by atoms with Crippen LogP contribution in [-0.2, 0) is 16.6 Å². The van der Waals surface area contributed by atoms with Gasteiger partial charge in [0.15, 0.2) is 0 Å². The number of carbonyl (C=O) groups excluding carboxylic acids is 1. The van der Waals surface area contributed by atoms with Crippen molar-refractivity contribution in [1.29, 1.82) is 0 Å². The average Bonchev–Trinajstić information content (AvgIpc) is 2.72. The standard InChI is InChI=1S/C25H28N2O4S/c1-18(2)31-24-7-5-6-22(16-24)26-25(28)21-12-14-23(15-13-21)27(32(4,29)30)17-20-10-8-19(3)9-11-20/h5-16,18H,17H2,1-4H3,(H,26,28). The summed E-state index contributed by atoms with van der Waals surface area (Å²) in [6.07, 6.45) is 1.21. The van der Waals surface area contributed by atoms with E-state index in [-0.39, 0.29) is 18.6 Å². The number of sulfonamides is 1. The number of nitrogens with zero attached hydrogens (tertiary/aromatic N) is 1. The zero-order valence-corrected chi connectivity index (χ0v) is 19.5. The van der Waals surface area contributed by atoms with E-state index in [2.05, 4.69) is 5.32 Å². The fourth-order valence-corrected chi connectivity index (χ4v) is 4.05. The Balaban J connectivity index is 1.76. The lowest BCUT2D eigenvalue weighted by Crippen LogP contribution is -2.29. The second-order valence-corrected chi connectivity index (χ2v) is 9.86. The zero-order valence-electron chi connectivity index (χ0n) is 18.7. The number of anilines is 2. The highest BCUT2D eigenvalue weighted by Gasteiger charge is 2.18. The number of aryl methyl sites for hydroxylation is 1. The van der Waals surface area contributed by atoms with E-state index in [0.29, 0.717) is 22.7 Å². The molecule has 32 heavy (non-hydrogen) atoms. The first-order valence-electron chi connectivity index (χ1n) is 10.3. The van der Waals surface area contributed by atoms with Gasteiger partial charge >= 0.3 is 0 Å². The third-order valence-corrected chi connectivity index (χ3v) is 5.87. The quantitative estimate of drug-likeness (QED) is 0.522. The summed E-state index contributed by atoms with van der Waals surface area (Å²) in [6.45, 7) is 6.07. The molecule has 7 heteroatoms. The summed E-state index contributed by atoms with van der Waals surface area (Å²) in [4.78, 5) is 12.7. The van der Waals surface area contributed by atoms with Gasteiger partial charge < -0.3 is 10.1 Å². The number of nitrogens with one attached hydrogen (secondary N) is 1. The number of benzene rings is 3. The van der Waals surface area contributed by atoms with Crippen LogP contribution in [0.25, 0.3) is 0 Å². The van der Waals surface area contributed by atoms with E-state index in [4.69, 9.17) is 4.74 Å². The van der Waals surface area contributed by atoms with Crippen molar-refractivity contribution in [3.05, 3.63) is 89.5 Å². The van der Waals surface area contributed by atoms with E-state index >= 15 is 0 Å². The minimum atomic E-state index is -3.50. The zero-order chi connectivity index (χ0) is 23.3. The second-order valence-electron chi connectivity index (χ2n) is 7.95. The molecule has 6 nitrogen and oxygen atoms in total. The van der Waals surface area contributed by atoms with Crippen LogP contribution in [0.1, 0.15) is 35.3 Å². The van der Waals surface area contributed by atoms with Gasteiger partial charge in [0, 0.05) is 17.3 Å². The maximum absolute atomic E-state index is 12.7. The SMILES string of the molecule is Cc1ccc(CN(c2ccc(C(=O)Nc3cccc(OC(C)C)c3)cc2)S(C)(=O)=O)cc1. The van der Waals surface area contributed by atoms with Crippen LogP contribution in [0.2, 0.25) is 0 Å². The minimum absolute atomic E-state index is 0.0335. The van der Waals surface area contributed by atoms with Crippen LogP contribution >= 0.6 is 0 Å². The topological polar surface area (TPSA) is 75.7 Å². The van der Waals surface area contributed by atoms with Gasteiger partial charge in [0.05, 0.1) is 24.6 Å². The molecular formula is C25H28N2O4S. The van der Waals surface area contributed by atoms with Gasteiger partial charge in [-0.3, -0.25) is 9.10 Å². The third-order valence-electron chi connectivity index (χ3n) is 4.73. The van der Waals surface area contributed by atoms with Gasteiger partial charge in [-0.25, -0.2) is 8.42 Å². The summed E-state index contributed by atoms with van der Waals surface area (Å²) in [5.74, 6) is 0.385. The maximum atomic E-state index is 12.7. The Morgan fingerprint density at radius 3 is 2.25 bits per heavy atom. The lowest BCUT2D eigenvalue weighted by atomic mass is 10.1. The van der Waals surface area contributed by atoms with Crippen LogP contribution in [0.15, 0.2) is 72.8 Å². The molecule has 0 bridgehead atoms. The van der Waals surface area contributed by atoms with Crippen molar-refractivity contribution < 1.29 is 17.9 Å². The van der Waals surface area contributed by atoms with E-state index in [0.717, 1.165) is 11.1 Å². The van der Waals surface area contributed by atoms with Crippen molar-refractivity contribution in [2.24, 2.45) is 0 Å². The number of ether oxygens (including phenoxy) is 1. The average molecular weight is 453 g/mol. The van der Waals surface area contributed by atoms with Crippen LogP contribution in [0.3, 0.4) is 0 Å². The molecule has 0 saturated heterocycles. The van der Waals surface area contributed by atoms with Crippen LogP contribution in [-0.4, -0.2) is 26.7 Å². The van der Waals surface area contributed by atoms with Crippen molar-refractivity contribution in [3.8, 4) is 5.75 Å². The molecule has 0 heterocycles. The molecule has 0 aliphatic rings. The lowest BCUT2D eigenvalue weighted by Gasteiger charge is -2.23. The van der Waals surface area contributed by atoms with Gasteiger partial charge in [-0.2, -0.15) is 0 Å². The molecule has 3 aromatic carbocycles. The first-order chi connectivity index (χ1) is 15.1. The molecule has 0 unspecified atom stereocenters.